The third-order valence-corrected chi connectivity index (χ3v) is 10.8. The molecule has 4 heterocycles. The number of aliphatic hydroxyl groups excluding tert-OH is 1. The van der Waals surface area contributed by atoms with Crippen LogP contribution in [-0.2, 0) is 10.0 Å². The molecule has 0 saturated heterocycles. The van der Waals surface area contributed by atoms with Gasteiger partial charge < -0.3 is 26.2 Å². The molecule has 5 N–H and O–H groups in total. The highest BCUT2D eigenvalue weighted by atomic mass is 32.2. The first-order valence-corrected chi connectivity index (χ1v) is 16.9. The van der Waals surface area contributed by atoms with Crippen LogP contribution >= 0.6 is 0 Å². The van der Waals surface area contributed by atoms with Crippen molar-refractivity contribution in [2.75, 3.05) is 16.0 Å². The Morgan fingerprint density at radius 2 is 1.71 bits per heavy atom. The van der Waals surface area contributed by atoms with Crippen molar-refractivity contribution in [3.8, 4) is 22.6 Å². The van der Waals surface area contributed by atoms with Crippen molar-refractivity contribution in [2.24, 2.45) is 0 Å². The van der Waals surface area contributed by atoms with Gasteiger partial charge in [0.2, 0.25) is 0 Å². The van der Waals surface area contributed by atoms with E-state index < -0.39 is 15.6 Å². The van der Waals surface area contributed by atoms with Crippen LogP contribution in [-0.4, -0.2) is 76.8 Å². The SMILES string of the molecule is CC1(O)CCC(Nc2cc(Nc3ccnc(-c4cnn(S(=O)(=O)C5CC5)c4)n3)ncc2-c2cc(NC3CC(O)C3)ccn2)CC1. The molecule has 3 fully saturated rings. The van der Waals surface area contributed by atoms with E-state index in [9.17, 15) is 18.6 Å². The Balaban J connectivity index is 1.14. The van der Waals surface area contributed by atoms with E-state index in [0.717, 1.165) is 52.4 Å². The molecule has 0 atom stereocenters. The van der Waals surface area contributed by atoms with Gasteiger partial charge in [0.25, 0.3) is 10.0 Å². The average Bonchev–Trinajstić information content (AvgIpc) is 3.75. The van der Waals surface area contributed by atoms with Gasteiger partial charge in [-0.25, -0.2) is 23.4 Å². The second kappa shape index (κ2) is 11.7. The molecule has 0 bridgehead atoms. The van der Waals surface area contributed by atoms with Crippen molar-refractivity contribution >= 4 is 33.0 Å². The van der Waals surface area contributed by atoms with Gasteiger partial charge in [-0.1, -0.05) is 0 Å². The van der Waals surface area contributed by atoms with Gasteiger partial charge in [-0.2, -0.15) is 9.19 Å². The molecule has 4 aromatic heterocycles. The monoisotopic (exact) mass is 631 g/mol. The summed E-state index contributed by atoms with van der Waals surface area (Å²) in [6.07, 6.45) is 13.6. The first kappa shape index (κ1) is 29.6. The summed E-state index contributed by atoms with van der Waals surface area (Å²) in [6.45, 7) is 1.89. The van der Waals surface area contributed by atoms with E-state index in [2.05, 4.69) is 41.0 Å². The molecule has 13 nitrogen and oxygen atoms in total. The van der Waals surface area contributed by atoms with Crippen molar-refractivity contribution in [3.63, 3.8) is 0 Å². The fourth-order valence-electron chi connectivity index (χ4n) is 5.84. The average molecular weight is 632 g/mol. The van der Waals surface area contributed by atoms with Gasteiger partial charge in [-0.15, -0.1) is 0 Å². The van der Waals surface area contributed by atoms with Gasteiger partial charge in [-0.05, 0) is 76.5 Å². The van der Waals surface area contributed by atoms with Crippen molar-refractivity contribution < 1.29 is 18.6 Å². The maximum atomic E-state index is 12.6. The number of nitrogens with zero attached hydrogens (tertiary/aromatic N) is 6. The highest BCUT2D eigenvalue weighted by Crippen LogP contribution is 2.35. The summed E-state index contributed by atoms with van der Waals surface area (Å²) in [4.78, 5) is 18.3. The third kappa shape index (κ3) is 6.63. The van der Waals surface area contributed by atoms with E-state index in [0.29, 0.717) is 48.7 Å². The lowest BCUT2D eigenvalue weighted by Crippen LogP contribution is -2.38. The van der Waals surface area contributed by atoms with Crippen LogP contribution in [0, 0.1) is 0 Å². The number of rotatable bonds is 10. The zero-order chi connectivity index (χ0) is 31.2. The van der Waals surface area contributed by atoms with Gasteiger partial charge in [-0.3, -0.25) is 4.98 Å². The van der Waals surface area contributed by atoms with Gasteiger partial charge in [0, 0.05) is 53.7 Å². The highest BCUT2D eigenvalue weighted by Gasteiger charge is 2.38. The second-order valence-electron chi connectivity index (χ2n) is 12.7. The van der Waals surface area contributed by atoms with Crippen LogP contribution in [0.5, 0.6) is 0 Å². The molecule has 0 radical (unpaired) electrons. The maximum absolute atomic E-state index is 12.6. The Labute approximate surface area is 261 Å². The fraction of sp³-hybridized carbons (Fsp3) is 0.452. The van der Waals surface area contributed by atoms with Gasteiger partial charge in [0.15, 0.2) is 5.82 Å². The zero-order valence-electron chi connectivity index (χ0n) is 25.0. The minimum absolute atomic E-state index is 0.172. The van der Waals surface area contributed by atoms with Crippen LogP contribution in [0.15, 0.2) is 55.2 Å². The van der Waals surface area contributed by atoms with Crippen LogP contribution in [0.4, 0.5) is 23.0 Å². The molecule has 7 rings (SSSR count). The Hall–Kier alpha value is -4.14. The second-order valence-corrected chi connectivity index (χ2v) is 14.7. The summed E-state index contributed by atoms with van der Waals surface area (Å²) < 4.78 is 26.2. The molecule has 0 aromatic carbocycles. The zero-order valence-corrected chi connectivity index (χ0v) is 25.8. The van der Waals surface area contributed by atoms with Gasteiger partial charge in [0.1, 0.15) is 11.6 Å². The van der Waals surface area contributed by atoms with E-state index in [1.807, 2.05) is 25.1 Å². The minimum atomic E-state index is -3.49. The van der Waals surface area contributed by atoms with Crippen LogP contribution in [0.25, 0.3) is 22.6 Å². The molecule has 3 aliphatic rings. The van der Waals surface area contributed by atoms with Crippen molar-refractivity contribution in [1.29, 1.82) is 0 Å². The molecule has 0 aliphatic heterocycles. The maximum Gasteiger partial charge on any atom is 0.256 e. The van der Waals surface area contributed by atoms with Crippen molar-refractivity contribution in [1.82, 2.24) is 29.1 Å². The van der Waals surface area contributed by atoms with E-state index in [4.69, 9.17) is 0 Å². The molecule has 0 unspecified atom stereocenters. The molecule has 0 spiro atoms. The van der Waals surface area contributed by atoms with E-state index in [1.165, 1.54) is 12.4 Å². The summed E-state index contributed by atoms with van der Waals surface area (Å²) in [6, 6.07) is 7.97. The first-order valence-electron chi connectivity index (χ1n) is 15.4. The highest BCUT2D eigenvalue weighted by molar-refractivity contribution is 7.90. The summed E-state index contributed by atoms with van der Waals surface area (Å²) >= 11 is 0. The Morgan fingerprint density at radius 1 is 0.933 bits per heavy atom. The molecule has 14 heteroatoms. The van der Waals surface area contributed by atoms with E-state index in [1.54, 1.807) is 24.7 Å². The largest absolute Gasteiger partial charge is 0.393 e. The molecule has 0 amide bonds. The number of hydrogen-bond donors (Lipinski definition) is 5. The lowest BCUT2D eigenvalue weighted by atomic mass is 9.83. The summed E-state index contributed by atoms with van der Waals surface area (Å²) in [5.74, 6) is 1.39. The minimum Gasteiger partial charge on any atom is -0.393 e. The van der Waals surface area contributed by atoms with E-state index in [-0.39, 0.29) is 23.4 Å². The lowest BCUT2D eigenvalue weighted by Gasteiger charge is -2.34. The lowest BCUT2D eigenvalue weighted by molar-refractivity contribution is 0.0196. The van der Waals surface area contributed by atoms with Crippen LogP contribution in [0.1, 0.15) is 58.3 Å². The number of anilines is 4. The summed E-state index contributed by atoms with van der Waals surface area (Å²) in [5, 5.41) is 34.3. The third-order valence-electron chi connectivity index (χ3n) is 8.78. The predicted octanol–water partition coefficient (Wildman–Crippen LogP) is 3.92. The van der Waals surface area contributed by atoms with E-state index >= 15 is 0 Å². The molecular formula is C31H37N9O4S. The van der Waals surface area contributed by atoms with Gasteiger partial charge in [0.05, 0.1) is 40.6 Å². The number of pyridine rings is 2. The quantitative estimate of drug-likeness (QED) is 0.171. The van der Waals surface area contributed by atoms with Crippen LogP contribution < -0.4 is 16.0 Å². The number of hydrogen-bond acceptors (Lipinski definition) is 12. The Bertz CT molecular complexity index is 1790. The topological polar surface area (TPSA) is 180 Å². The van der Waals surface area contributed by atoms with Crippen molar-refractivity contribution in [3.05, 3.63) is 55.2 Å². The standard InChI is InChI=1S/C31H37N9O4S/c1-31(42)8-4-20(5-9-31)37-27-15-29(34-17-25(27)26-14-21(6-10-32-26)36-22-12-23(41)13-22)38-28-7-11-33-30(39-28)19-16-35-40(18-19)45(43,44)24-2-3-24/h6-7,10-11,14-18,20,22-24,41-42H,2-5,8-9,12-13H2,1H3,(H,32,36)(H2,33,34,37,38,39). The molecule has 4 aromatic rings. The first-order chi connectivity index (χ1) is 21.6. The van der Waals surface area contributed by atoms with Gasteiger partial charge >= 0.3 is 0 Å². The number of aliphatic hydroxyl groups is 2. The summed E-state index contributed by atoms with van der Waals surface area (Å²) in [7, 11) is -3.49. The normalized spacial score (nSPS) is 24.9. The van der Waals surface area contributed by atoms with Crippen LogP contribution in [0.3, 0.4) is 0 Å². The molecule has 3 saturated carbocycles. The molecule has 45 heavy (non-hydrogen) atoms. The van der Waals surface area contributed by atoms with Crippen LogP contribution in [0.2, 0.25) is 0 Å². The predicted molar refractivity (Wildman–Crippen MR) is 170 cm³/mol. The van der Waals surface area contributed by atoms with Crippen molar-refractivity contribution in [2.45, 2.75) is 87.3 Å². The smallest absolute Gasteiger partial charge is 0.256 e. The number of nitrogens with one attached hydrogen (secondary N) is 3. The molecule has 3 aliphatic carbocycles. The fourth-order valence-corrected chi connectivity index (χ4v) is 7.31. The Morgan fingerprint density at radius 3 is 2.47 bits per heavy atom. The summed E-state index contributed by atoms with van der Waals surface area (Å²) in [5.41, 5.74) is 3.22. The molecule has 236 valence electrons. The molecular weight excluding hydrogens is 594 g/mol. The number of aromatic nitrogens is 6. The Kier molecular flexibility index (Phi) is 7.66.